The summed E-state index contributed by atoms with van der Waals surface area (Å²) in [7, 11) is -2.19. The first-order valence-electron chi connectivity index (χ1n) is 9.58. The molecule has 1 aromatic carbocycles. The largest absolute Gasteiger partial charge is 0.497 e. The summed E-state index contributed by atoms with van der Waals surface area (Å²) in [6, 6.07) is 9.73. The molecule has 1 fully saturated rings. The van der Waals surface area contributed by atoms with Crippen LogP contribution < -0.4 is 10.1 Å². The maximum absolute atomic E-state index is 13.3. The fourth-order valence-electron chi connectivity index (χ4n) is 3.61. The van der Waals surface area contributed by atoms with Gasteiger partial charge in [-0.2, -0.15) is 0 Å². The zero-order valence-corrected chi connectivity index (χ0v) is 16.8. The van der Waals surface area contributed by atoms with Crippen molar-refractivity contribution in [3.63, 3.8) is 0 Å². The molecule has 1 aliphatic rings. The topological polar surface area (TPSA) is 85.4 Å². The summed E-state index contributed by atoms with van der Waals surface area (Å²) in [6.45, 7) is 0.0232. The summed E-state index contributed by atoms with van der Waals surface area (Å²) in [4.78, 5) is 16.8. The molecule has 2 aromatic rings. The first-order valence-corrected chi connectivity index (χ1v) is 11.1. The van der Waals surface area contributed by atoms with Crippen LogP contribution in [0.5, 0.6) is 5.75 Å². The van der Waals surface area contributed by atoms with Gasteiger partial charge in [0.05, 0.1) is 12.0 Å². The Balaban J connectivity index is 1.83. The van der Waals surface area contributed by atoms with Gasteiger partial charge in [0, 0.05) is 24.9 Å². The van der Waals surface area contributed by atoms with Gasteiger partial charge in [-0.25, -0.2) is 8.42 Å². The zero-order chi connectivity index (χ0) is 20.0. The van der Waals surface area contributed by atoms with E-state index in [0.29, 0.717) is 11.3 Å². The van der Waals surface area contributed by atoms with Crippen molar-refractivity contribution < 1.29 is 17.9 Å². The molecule has 1 N–H and O–H groups in total. The third-order valence-corrected chi connectivity index (χ3v) is 7.37. The number of rotatable bonds is 7. The molecule has 0 aliphatic heterocycles. The van der Waals surface area contributed by atoms with Gasteiger partial charge in [-0.05, 0) is 48.7 Å². The van der Waals surface area contributed by atoms with E-state index in [-0.39, 0.29) is 23.3 Å². The highest BCUT2D eigenvalue weighted by molar-refractivity contribution is 7.91. The number of carbonyl (C=O) groups is 1. The van der Waals surface area contributed by atoms with Crippen LogP contribution in [0.15, 0.2) is 53.7 Å². The number of carbonyl (C=O) groups excluding carboxylic acids is 1. The Bertz CT molecular complexity index is 876. The number of hydrogen-bond donors (Lipinski definition) is 1. The first-order chi connectivity index (χ1) is 13.5. The van der Waals surface area contributed by atoms with Gasteiger partial charge in [0.1, 0.15) is 11.0 Å². The predicted molar refractivity (Wildman–Crippen MR) is 107 cm³/mol. The van der Waals surface area contributed by atoms with Gasteiger partial charge in [0.25, 0.3) is 0 Å². The van der Waals surface area contributed by atoms with Crippen molar-refractivity contribution in [2.75, 3.05) is 13.7 Å². The second kappa shape index (κ2) is 9.19. The number of nitrogens with one attached hydrogen (secondary N) is 1. The molecule has 1 atom stereocenters. The summed E-state index contributed by atoms with van der Waals surface area (Å²) in [6.07, 6.45) is 8.14. The number of ether oxygens (including phenoxy) is 1. The van der Waals surface area contributed by atoms with E-state index < -0.39 is 15.1 Å². The molecule has 28 heavy (non-hydrogen) atoms. The van der Waals surface area contributed by atoms with E-state index in [0.717, 1.165) is 32.1 Å². The van der Waals surface area contributed by atoms with Crippen LogP contribution in [0.4, 0.5) is 0 Å². The average Bonchev–Trinajstić information content (AvgIpc) is 2.75. The van der Waals surface area contributed by atoms with Crippen LogP contribution in [0.1, 0.15) is 42.9 Å². The third kappa shape index (κ3) is 4.70. The Morgan fingerprint density at radius 1 is 1.18 bits per heavy atom. The van der Waals surface area contributed by atoms with Crippen molar-refractivity contribution in [2.24, 2.45) is 5.92 Å². The number of hydrogen-bond acceptors (Lipinski definition) is 5. The summed E-state index contributed by atoms with van der Waals surface area (Å²) < 4.78 is 31.7. The Kier molecular flexibility index (Phi) is 6.67. The van der Waals surface area contributed by atoms with Crippen molar-refractivity contribution in [3.8, 4) is 5.75 Å². The molecule has 150 valence electrons. The van der Waals surface area contributed by atoms with Gasteiger partial charge in [0.2, 0.25) is 5.91 Å². The quantitative estimate of drug-likeness (QED) is 0.768. The minimum atomic E-state index is -3.72. The molecule has 1 saturated carbocycles. The van der Waals surface area contributed by atoms with Gasteiger partial charge in [-0.15, -0.1) is 0 Å². The van der Waals surface area contributed by atoms with Crippen molar-refractivity contribution >= 4 is 15.7 Å². The van der Waals surface area contributed by atoms with Crippen LogP contribution in [0, 0.1) is 5.92 Å². The van der Waals surface area contributed by atoms with Crippen LogP contribution in [-0.2, 0) is 14.6 Å². The minimum absolute atomic E-state index is 0.0213. The maximum Gasteiger partial charge on any atom is 0.223 e. The lowest BCUT2D eigenvalue weighted by Gasteiger charge is -2.23. The normalized spacial score (nSPS) is 16.3. The van der Waals surface area contributed by atoms with Crippen LogP contribution >= 0.6 is 0 Å². The highest BCUT2D eigenvalue weighted by Crippen LogP contribution is 2.30. The van der Waals surface area contributed by atoms with Crippen LogP contribution in [0.3, 0.4) is 0 Å². The monoisotopic (exact) mass is 402 g/mol. The van der Waals surface area contributed by atoms with Crippen molar-refractivity contribution in [1.82, 2.24) is 10.3 Å². The Morgan fingerprint density at radius 3 is 2.50 bits per heavy atom. The smallest absolute Gasteiger partial charge is 0.223 e. The molecule has 0 saturated heterocycles. The minimum Gasteiger partial charge on any atom is -0.497 e. The van der Waals surface area contributed by atoms with Crippen molar-refractivity contribution in [3.05, 3.63) is 54.4 Å². The molecule has 0 spiro atoms. The molecule has 6 nitrogen and oxygen atoms in total. The third-order valence-electron chi connectivity index (χ3n) is 5.26. The molecule has 1 aliphatic carbocycles. The Morgan fingerprint density at radius 2 is 1.89 bits per heavy atom. The van der Waals surface area contributed by atoms with E-state index in [1.165, 1.54) is 19.2 Å². The zero-order valence-electron chi connectivity index (χ0n) is 16.0. The Hall–Kier alpha value is -2.41. The molecule has 1 amide bonds. The number of aromatic nitrogens is 1. The second-order valence-corrected chi connectivity index (χ2v) is 9.21. The summed E-state index contributed by atoms with van der Waals surface area (Å²) in [5.74, 6) is 0.507. The lowest BCUT2D eigenvalue weighted by atomic mass is 9.88. The first kappa shape index (κ1) is 20.3. The maximum atomic E-state index is 13.3. The number of methoxy groups -OCH3 is 1. The molecular weight excluding hydrogens is 376 g/mol. The predicted octanol–water partition coefficient (Wildman–Crippen LogP) is 3.30. The molecule has 1 heterocycles. The summed E-state index contributed by atoms with van der Waals surface area (Å²) in [5.41, 5.74) is 0.558. The highest BCUT2D eigenvalue weighted by Gasteiger charge is 2.31. The van der Waals surface area contributed by atoms with Crippen LogP contribution in [0.25, 0.3) is 0 Å². The fourth-order valence-corrected chi connectivity index (χ4v) is 5.25. The second-order valence-electron chi connectivity index (χ2n) is 7.08. The van der Waals surface area contributed by atoms with Gasteiger partial charge < -0.3 is 10.1 Å². The lowest BCUT2D eigenvalue weighted by molar-refractivity contribution is -0.125. The molecule has 7 heteroatoms. The standard InChI is InChI=1S/C21H26N2O4S/c1-27-18-9-11-19(12-10-18)28(25,26)20(17-8-5-13-22-14-17)15-23-21(24)16-6-3-2-4-7-16/h5,8-14,16,20H,2-4,6-7,15H2,1H3,(H,23,24)/t20-/m1/s1. The Labute approximate surface area is 166 Å². The number of sulfone groups is 1. The fraction of sp³-hybridized carbons (Fsp3) is 0.429. The summed E-state index contributed by atoms with van der Waals surface area (Å²) in [5, 5.41) is 1.98. The number of pyridine rings is 1. The van der Waals surface area contributed by atoms with Gasteiger partial charge in [-0.1, -0.05) is 25.3 Å². The number of amides is 1. The van der Waals surface area contributed by atoms with Gasteiger partial charge >= 0.3 is 0 Å². The summed E-state index contributed by atoms with van der Waals surface area (Å²) >= 11 is 0. The highest BCUT2D eigenvalue weighted by atomic mass is 32.2. The SMILES string of the molecule is COc1ccc(S(=O)(=O)[C@H](CNC(=O)C2CCCCC2)c2cccnc2)cc1. The molecule has 0 radical (unpaired) electrons. The van der Waals surface area contributed by atoms with E-state index in [2.05, 4.69) is 10.3 Å². The van der Waals surface area contributed by atoms with Crippen molar-refractivity contribution in [1.29, 1.82) is 0 Å². The molecule has 1 aromatic heterocycles. The van der Waals surface area contributed by atoms with Crippen LogP contribution in [-0.4, -0.2) is 33.0 Å². The van der Waals surface area contributed by atoms with Gasteiger partial charge in [0.15, 0.2) is 9.84 Å². The van der Waals surface area contributed by atoms with E-state index in [1.54, 1.807) is 36.7 Å². The molecule has 0 unspecified atom stereocenters. The molecule has 0 bridgehead atoms. The lowest BCUT2D eigenvalue weighted by Crippen LogP contribution is -2.36. The van der Waals surface area contributed by atoms with E-state index in [1.807, 2.05) is 0 Å². The van der Waals surface area contributed by atoms with E-state index in [4.69, 9.17) is 4.74 Å². The van der Waals surface area contributed by atoms with Crippen LogP contribution in [0.2, 0.25) is 0 Å². The molecule has 3 rings (SSSR count). The van der Waals surface area contributed by atoms with Crippen molar-refractivity contribution in [2.45, 2.75) is 42.2 Å². The number of benzene rings is 1. The van der Waals surface area contributed by atoms with E-state index >= 15 is 0 Å². The molecular formula is C21H26N2O4S. The number of nitrogens with zero attached hydrogens (tertiary/aromatic N) is 1. The average molecular weight is 403 g/mol. The van der Waals surface area contributed by atoms with E-state index in [9.17, 15) is 13.2 Å². The van der Waals surface area contributed by atoms with Gasteiger partial charge in [-0.3, -0.25) is 9.78 Å².